The SMILES string of the molecule is CN[C@H](CC(C)C)C(=O)NC1C(=O)NC(CC(N)=O)C(=O)N[C@H]2C(=O)N[C@H]3C(=O)N[C@H](C(=O)N[C@@H](O)c4cc(O)cc(O)c4-c4cc3ccc4O)[C@H](O[C@H]3C[C@](C)(N)[C@@H](O)[C@H](C)O3)c3ccc(c(Cl)c3)Oc3cc2cc(c3O[C@@H]2O[C@H](CO)[C@@H](O[C@@H]3O[C@H](CO)[C@H](O)[C@H](O)[C@H]3O)[C@H](O)[C@H]2O)Oc2ccc(cc2Cl)[C@H]1O. The first-order valence-electron chi connectivity index (χ1n) is 34.7. The minimum absolute atomic E-state index is 0.115. The molecule has 0 saturated carbocycles. The van der Waals surface area contributed by atoms with Crippen LogP contribution in [-0.2, 0) is 57.2 Å². The van der Waals surface area contributed by atoms with E-state index >= 15 is 19.2 Å². The Bertz CT molecular complexity index is 4310. The number of hydrogen-bond donors (Lipinski definition) is 22. The predicted molar refractivity (Wildman–Crippen MR) is 377 cm³/mol. The Kier molecular flexibility index (Phi) is 25.0. The van der Waals surface area contributed by atoms with Crippen LogP contribution in [-0.4, -0.2) is 238 Å². The van der Waals surface area contributed by atoms with Crippen LogP contribution in [0.1, 0.15) is 105 Å². The summed E-state index contributed by atoms with van der Waals surface area (Å²) in [6.07, 6.45) is -31.4. The van der Waals surface area contributed by atoms with Gasteiger partial charge in [0, 0.05) is 34.7 Å². The summed E-state index contributed by atoms with van der Waals surface area (Å²) in [6, 6.07) is 1.95. The fourth-order valence-electron chi connectivity index (χ4n) is 13.8. The number of carbonyl (C=O) groups is 7. The van der Waals surface area contributed by atoms with Gasteiger partial charge in [-0.15, -0.1) is 0 Å². The number of phenols is 3. The molecule has 13 rings (SSSR count). The number of aliphatic hydroxyl groups is 10. The predicted octanol–water partition coefficient (Wildman–Crippen LogP) is -2.20. The molecule has 8 aliphatic heterocycles. The van der Waals surface area contributed by atoms with Crippen molar-refractivity contribution in [2.24, 2.45) is 17.4 Å². The average Bonchev–Trinajstić information content (AvgIpc) is 0.680. The molecule has 37 nitrogen and oxygen atoms in total. The molecular formula is C71H85Cl2N9O28. The number of ether oxygens (including phenoxy) is 8. The summed E-state index contributed by atoms with van der Waals surface area (Å²) in [7, 11) is 1.46. The van der Waals surface area contributed by atoms with Gasteiger partial charge in [-0.25, -0.2) is 0 Å². The molecule has 2 unspecified atom stereocenters. The van der Waals surface area contributed by atoms with Crippen molar-refractivity contribution in [2.75, 3.05) is 20.3 Å². The monoisotopic (exact) mass is 1580 g/mol. The average molecular weight is 1580 g/mol. The highest BCUT2D eigenvalue weighted by Crippen LogP contribution is 2.50. The zero-order valence-corrected chi connectivity index (χ0v) is 60.7. The van der Waals surface area contributed by atoms with Gasteiger partial charge in [-0.1, -0.05) is 55.2 Å². The minimum Gasteiger partial charge on any atom is -0.508 e. The van der Waals surface area contributed by atoms with Gasteiger partial charge in [-0.05, 0) is 110 Å². The van der Waals surface area contributed by atoms with Crippen molar-refractivity contribution >= 4 is 64.6 Å². The Balaban J connectivity index is 1.15. The second kappa shape index (κ2) is 33.6. The summed E-state index contributed by atoms with van der Waals surface area (Å²) in [4.78, 5) is 105. The summed E-state index contributed by atoms with van der Waals surface area (Å²) >= 11 is 14.3. The van der Waals surface area contributed by atoms with E-state index in [-0.39, 0.29) is 35.4 Å². The number of likely N-dealkylation sites (N-methyl/N-ethyl adjacent to an activating group) is 1. The number of aliphatic hydroxyl groups excluding tert-OH is 10. The summed E-state index contributed by atoms with van der Waals surface area (Å²) in [5, 5.41) is 164. The summed E-state index contributed by atoms with van der Waals surface area (Å²) in [6.45, 7) is 4.55. The number of halogens is 2. The first kappa shape index (κ1) is 82.1. The van der Waals surface area contributed by atoms with Crippen molar-refractivity contribution in [3.63, 3.8) is 0 Å². The normalized spacial score (nSPS) is 32.3. The number of phenolic OH excluding ortho intramolecular Hbond substituents is 3. The second-order valence-corrected chi connectivity index (χ2v) is 29.0. The lowest BCUT2D eigenvalue weighted by Gasteiger charge is -2.45. The Morgan fingerprint density at radius 1 is 0.645 bits per heavy atom. The fraction of sp³-hybridized carbons (Fsp3) is 0.479. The highest BCUT2D eigenvalue weighted by Gasteiger charge is 2.53. The zero-order valence-electron chi connectivity index (χ0n) is 59.2. The molecule has 5 aromatic rings. The smallest absolute Gasteiger partial charge is 0.248 e. The lowest BCUT2D eigenvalue weighted by molar-refractivity contribution is -0.352. The maximum absolute atomic E-state index is 16.3. The van der Waals surface area contributed by atoms with Crippen molar-refractivity contribution in [1.29, 1.82) is 0 Å². The van der Waals surface area contributed by atoms with Crippen LogP contribution >= 0.6 is 23.2 Å². The van der Waals surface area contributed by atoms with Gasteiger partial charge in [0.2, 0.25) is 53.4 Å². The van der Waals surface area contributed by atoms with Gasteiger partial charge in [0.1, 0.15) is 120 Å². The third-order valence-electron chi connectivity index (χ3n) is 19.6. The van der Waals surface area contributed by atoms with Gasteiger partial charge in [-0.2, -0.15) is 0 Å². The quantitative estimate of drug-likeness (QED) is 0.0529. The first-order chi connectivity index (χ1) is 52.0. The molecule has 39 heteroatoms. The van der Waals surface area contributed by atoms with Crippen LogP contribution in [0, 0.1) is 5.92 Å². The molecule has 0 aromatic heterocycles. The van der Waals surface area contributed by atoms with Crippen LogP contribution in [0.4, 0.5) is 0 Å². The molecule has 23 atom stereocenters. The second-order valence-electron chi connectivity index (χ2n) is 28.2. The molecule has 3 saturated heterocycles. The van der Waals surface area contributed by atoms with Gasteiger partial charge in [0.05, 0.1) is 47.9 Å². The van der Waals surface area contributed by atoms with E-state index in [0.717, 1.165) is 54.6 Å². The Hall–Kier alpha value is -8.91. The van der Waals surface area contributed by atoms with Crippen LogP contribution in [0.3, 0.4) is 0 Å². The van der Waals surface area contributed by atoms with E-state index < -0.39 is 279 Å². The lowest BCUT2D eigenvalue weighted by Crippen LogP contribution is -2.65. The van der Waals surface area contributed by atoms with Crippen molar-refractivity contribution < 1.29 is 138 Å². The van der Waals surface area contributed by atoms with Crippen LogP contribution < -0.4 is 62.9 Å². The number of primary amides is 1. The lowest BCUT2D eigenvalue weighted by atomic mass is 9.86. The largest absolute Gasteiger partial charge is 0.508 e. The molecule has 8 heterocycles. The number of hydrogen-bond acceptors (Lipinski definition) is 30. The van der Waals surface area contributed by atoms with Gasteiger partial charge in [-0.3, -0.25) is 33.6 Å². The molecule has 3 fully saturated rings. The number of benzene rings is 5. The standard InChI is InChI=1S/C71H85Cl2N9O28/c1-24(2)12-35(76-5)63(97)80-50-52(89)27-7-10-39(33(72)14-27)104-41-16-29-17-42(59(41)109-70-57(94)55(92)60(44(23-84)107-70)110-69-56(93)54(91)53(90)43(22-83)106-69)105-40-11-8-28(15-34(40)73)58(108-46-21-71(4,75)61(95)25(3)103-46)51-68(102)82-62(96)32-18-30(85)19-38(87)47(32)31-13-26(6-9-37(31)86)48(65(99)81-51)79-66(100)49(29)78-64(98)36(20-45(74)88)77-67(50)101/h6-11,13-19,24-25,35-36,43-44,46,48-58,60-62,69-70,76,83-87,89-96H,12,20-23,75H2,1-5H3,(H2,74,88)(H,77,101)(H,78,98)(H,79,100)(H,80,97)(H,81,99)(H,82,102)/t25-,35+,36?,43+,44+,46-,48+,49+,50?,51-,52+,53-,54-,55+,56+,57+,58+,60+,61-,62-,69-,70-,71-/m0/s1. The molecule has 8 aliphatic rings. The van der Waals surface area contributed by atoms with E-state index in [9.17, 15) is 80.8 Å². The topological polar surface area (TPSA) is 593 Å². The van der Waals surface area contributed by atoms with E-state index in [1.54, 1.807) is 0 Å². The van der Waals surface area contributed by atoms with Crippen molar-refractivity contribution in [3.05, 3.63) is 117 Å². The number of aromatic hydroxyl groups is 3. The summed E-state index contributed by atoms with van der Waals surface area (Å²) < 4.78 is 49.9. The zero-order chi connectivity index (χ0) is 80.0. The number of nitrogens with two attached hydrogens (primary N) is 2. The maximum Gasteiger partial charge on any atom is 0.248 e. The van der Waals surface area contributed by atoms with Gasteiger partial charge in [0.25, 0.3) is 0 Å². The fourth-order valence-corrected chi connectivity index (χ4v) is 14.2. The number of fused-ring (bicyclic) bond motifs is 15. The van der Waals surface area contributed by atoms with Crippen LogP contribution in [0.2, 0.25) is 10.0 Å². The Labute approximate surface area is 635 Å². The summed E-state index contributed by atoms with van der Waals surface area (Å²) in [5.74, 6) is -14.2. The van der Waals surface area contributed by atoms with E-state index in [1.165, 1.54) is 45.2 Å². The minimum atomic E-state index is -2.38. The maximum atomic E-state index is 16.3. The first-order valence-corrected chi connectivity index (χ1v) is 35.4. The number of carbonyl (C=O) groups excluding carboxylic acids is 7. The van der Waals surface area contributed by atoms with Crippen molar-refractivity contribution in [2.45, 2.75) is 187 Å². The molecule has 596 valence electrons. The van der Waals surface area contributed by atoms with Gasteiger partial charge >= 0.3 is 0 Å². The van der Waals surface area contributed by atoms with Gasteiger partial charge < -0.3 is 153 Å². The number of amides is 7. The molecule has 7 amide bonds. The Morgan fingerprint density at radius 2 is 1.25 bits per heavy atom. The molecule has 24 N–H and O–H groups in total. The Morgan fingerprint density at radius 3 is 1.86 bits per heavy atom. The third kappa shape index (κ3) is 17.3. The van der Waals surface area contributed by atoms with Crippen LogP contribution in [0.25, 0.3) is 11.1 Å². The summed E-state index contributed by atoms with van der Waals surface area (Å²) in [5.41, 5.74) is 8.44. The van der Waals surface area contributed by atoms with Gasteiger partial charge in [0.15, 0.2) is 30.3 Å². The molecule has 0 radical (unpaired) electrons. The molecule has 0 spiro atoms. The van der Waals surface area contributed by atoms with Crippen molar-refractivity contribution in [1.82, 2.24) is 37.2 Å². The molecular weight excluding hydrogens is 1500 g/mol. The van der Waals surface area contributed by atoms with Crippen molar-refractivity contribution in [3.8, 4) is 57.1 Å². The number of nitrogens with one attached hydrogen (secondary N) is 7. The van der Waals surface area contributed by atoms with E-state index in [1.807, 2.05) is 13.8 Å². The van der Waals surface area contributed by atoms with E-state index in [0.29, 0.717) is 0 Å². The van der Waals surface area contributed by atoms with E-state index in [4.69, 9.17) is 72.6 Å². The molecule has 110 heavy (non-hydrogen) atoms. The van der Waals surface area contributed by atoms with Crippen LogP contribution in [0.15, 0.2) is 78.9 Å². The highest BCUT2D eigenvalue weighted by molar-refractivity contribution is 6.32. The number of rotatable bonds is 15. The highest BCUT2D eigenvalue weighted by atomic mass is 35.5. The molecule has 5 aromatic carbocycles. The third-order valence-corrected chi connectivity index (χ3v) is 20.2. The molecule has 0 aliphatic carbocycles. The van der Waals surface area contributed by atoms with E-state index in [2.05, 4.69) is 37.2 Å². The molecule has 11 bridgehead atoms. The van der Waals surface area contributed by atoms with Crippen LogP contribution in [0.5, 0.6) is 46.0 Å².